The molecule has 0 aliphatic carbocycles. The fraction of sp³-hybridized carbons (Fsp3) is 0.467. The lowest BCUT2D eigenvalue weighted by Gasteiger charge is -2.21. The van der Waals surface area contributed by atoms with Crippen LogP contribution in [0.4, 0.5) is 5.13 Å². The average molecular weight is 290 g/mol. The third kappa shape index (κ3) is 4.28. The van der Waals surface area contributed by atoms with Gasteiger partial charge in [0, 0.05) is 31.0 Å². The molecule has 0 bridgehead atoms. The fourth-order valence-corrected chi connectivity index (χ4v) is 2.76. The first-order chi connectivity index (χ1) is 9.83. The molecule has 1 aromatic carbocycles. The Balaban J connectivity index is 2.09. The van der Waals surface area contributed by atoms with Crippen molar-refractivity contribution < 1.29 is 0 Å². The highest BCUT2D eigenvalue weighted by molar-refractivity contribution is 7.09. The number of hydrogen-bond donors (Lipinski definition) is 1. The molecule has 0 fully saturated rings. The van der Waals surface area contributed by atoms with Gasteiger partial charge in [-0.15, -0.1) is 0 Å². The monoisotopic (exact) mass is 290 g/mol. The van der Waals surface area contributed by atoms with Crippen LogP contribution in [0.1, 0.15) is 31.2 Å². The van der Waals surface area contributed by atoms with Crippen molar-refractivity contribution >= 4 is 16.7 Å². The Morgan fingerprint density at radius 3 is 2.75 bits per heavy atom. The maximum atomic E-state index is 5.64. The van der Waals surface area contributed by atoms with Crippen molar-refractivity contribution in [3.8, 4) is 0 Å². The van der Waals surface area contributed by atoms with E-state index in [0.717, 1.165) is 43.3 Å². The summed E-state index contributed by atoms with van der Waals surface area (Å²) >= 11 is 1.49. The van der Waals surface area contributed by atoms with Gasteiger partial charge in [0.2, 0.25) is 5.13 Å². The van der Waals surface area contributed by atoms with Gasteiger partial charge in [-0.25, -0.2) is 4.98 Å². The summed E-state index contributed by atoms with van der Waals surface area (Å²) in [6, 6.07) is 10.5. The molecule has 0 aliphatic heterocycles. The SMILES string of the molecule is CCCc1nsc(N(CCCN)Cc2ccccc2)n1. The lowest BCUT2D eigenvalue weighted by Crippen LogP contribution is -2.25. The number of nitrogens with two attached hydrogens (primary N) is 1. The smallest absolute Gasteiger partial charge is 0.205 e. The Bertz CT molecular complexity index is 498. The van der Waals surface area contributed by atoms with Gasteiger partial charge in [-0.2, -0.15) is 4.37 Å². The molecule has 2 aromatic rings. The largest absolute Gasteiger partial charge is 0.342 e. The predicted octanol–water partition coefficient (Wildman–Crippen LogP) is 2.85. The molecule has 2 N–H and O–H groups in total. The Morgan fingerprint density at radius 2 is 2.05 bits per heavy atom. The molecule has 0 saturated carbocycles. The first-order valence-electron chi connectivity index (χ1n) is 7.15. The van der Waals surface area contributed by atoms with Gasteiger partial charge >= 0.3 is 0 Å². The molecule has 108 valence electrons. The van der Waals surface area contributed by atoms with E-state index in [1.54, 1.807) is 0 Å². The maximum absolute atomic E-state index is 5.64. The van der Waals surface area contributed by atoms with Gasteiger partial charge in [-0.05, 0) is 24.9 Å². The summed E-state index contributed by atoms with van der Waals surface area (Å²) in [5.74, 6) is 0.957. The van der Waals surface area contributed by atoms with Crippen LogP contribution in [-0.4, -0.2) is 22.4 Å². The molecular formula is C15H22N4S. The molecule has 1 aromatic heterocycles. The third-order valence-electron chi connectivity index (χ3n) is 3.05. The topological polar surface area (TPSA) is 55.0 Å². The van der Waals surface area contributed by atoms with Gasteiger partial charge < -0.3 is 10.6 Å². The molecule has 4 nitrogen and oxygen atoms in total. The Hall–Kier alpha value is -1.46. The van der Waals surface area contributed by atoms with Crippen molar-refractivity contribution in [3.05, 3.63) is 41.7 Å². The second-order valence-corrected chi connectivity index (χ2v) is 5.52. The van der Waals surface area contributed by atoms with Crippen LogP contribution in [0.5, 0.6) is 0 Å². The minimum atomic E-state index is 0.700. The summed E-state index contributed by atoms with van der Waals surface area (Å²) in [4.78, 5) is 6.92. The van der Waals surface area contributed by atoms with Crippen molar-refractivity contribution in [2.45, 2.75) is 32.7 Å². The van der Waals surface area contributed by atoms with Gasteiger partial charge in [-0.1, -0.05) is 37.3 Å². The minimum Gasteiger partial charge on any atom is -0.342 e. The Morgan fingerprint density at radius 1 is 1.25 bits per heavy atom. The highest BCUT2D eigenvalue weighted by Crippen LogP contribution is 2.20. The molecule has 0 atom stereocenters. The number of hydrogen-bond acceptors (Lipinski definition) is 5. The van der Waals surface area contributed by atoms with E-state index in [2.05, 4.69) is 45.4 Å². The minimum absolute atomic E-state index is 0.700. The van der Waals surface area contributed by atoms with Crippen LogP contribution in [0.2, 0.25) is 0 Å². The van der Waals surface area contributed by atoms with E-state index in [-0.39, 0.29) is 0 Å². The highest BCUT2D eigenvalue weighted by Gasteiger charge is 2.12. The molecule has 0 amide bonds. The van der Waals surface area contributed by atoms with Crippen molar-refractivity contribution in [1.82, 2.24) is 9.36 Å². The van der Waals surface area contributed by atoms with Crippen molar-refractivity contribution in [1.29, 1.82) is 0 Å². The van der Waals surface area contributed by atoms with E-state index in [9.17, 15) is 0 Å². The first kappa shape index (κ1) is 14.9. The summed E-state index contributed by atoms with van der Waals surface area (Å²) in [6.45, 7) is 4.64. The predicted molar refractivity (Wildman–Crippen MR) is 85.1 cm³/mol. The zero-order valence-electron chi connectivity index (χ0n) is 12.0. The standard InChI is InChI=1S/C15H22N4S/c1-2-7-14-17-15(20-18-14)19(11-6-10-16)12-13-8-4-3-5-9-13/h3-5,8-9H,2,6-7,10-12,16H2,1H3. The summed E-state index contributed by atoms with van der Waals surface area (Å²) in [6.07, 6.45) is 3.00. The van der Waals surface area contributed by atoms with Gasteiger partial charge in [0.25, 0.3) is 0 Å². The van der Waals surface area contributed by atoms with Gasteiger partial charge in [0.05, 0.1) is 0 Å². The van der Waals surface area contributed by atoms with Gasteiger partial charge in [0.1, 0.15) is 5.82 Å². The molecule has 20 heavy (non-hydrogen) atoms. The van der Waals surface area contributed by atoms with Gasteiger partial charge in [-0.3, -0.25) is 0 Å². The van der Waals surface area contributed by atoms with Crippen LogP contribution in [0, 0.1) is 0 Å². The highest BCUT2D eigenvalue weighted by atomic mass is 32.1. The summed E-state index contributed by atoms with van der Waals surface area (Å²) in [5.41, 5.74) is 6.93. The lowest BCUT2D eigenvalue weighted by atomic mass is 10.2. The molecular weight excluding hydrogens is 268 g/mol. The second kappa shape index (κ2) is 7.97. The second-order valence-electron chi connectivity index (χ2n) is 4.79. The molecule has 1 heterocycles. The van der Waals surface area contributed by atoms with E-state index >= 15 is 0 Å². The van der Waals surface area contributed by atoms with Crippen LogP contribution in [0.3, 0.4) is 0 Å². The van der Waals surface area contributed by atoms with E-state index in [4.69, 9.17) is 5.73 Å². The van der Waals surface area contributed by atoms with Crippen LogP contribution in [-0.2, 0) is 13.0 Å². The normalized spacial score (nSPS) is 10.7. The van der Waals surface area contributed by atoms with Crippen LogP contribution < -0.4 is 10.6 Å². The number of benzene rings is 1. The van der Waals surface area contributed by atoms with E-state index < -0.39 is 0 Å². The number of rotatable bonds is 8. The summed E-state index contributed by atoms with van der Waals surface area (Å²) in [5, 5.41) is 1.01. The molecule has 0 spiro atoms. The van der Waals surface area contributed by atoms with E-state index in [0.29, 0.717) is 6.54 Å². The molecule has 0 unspecified atom stereocenters. The third-order valence-corrected chi connectivity index (χ3v) is 3.86. The summed E-state index contributed by atoms with van der Waals surface area (Å²) < 4.78 is 4.43. The van der Waals surface area contributed by atoms with E-state index in [1.807, 2.05) is 6.07 Å². The zero-order valence-corrected chi connectivity index (χ0v) is 12.8. The number of anilines is 1. The molecule has 5 heteroatoms. The van der Waals surface area contributed by atoms with Gasteiger partial charge in [0.15, 0.2) is 0 Å². The molecule has 2 rings (SSSR count). The molecule has 0 radical (unpaired) electrons. The number of aromatic nitrogens is 2. The number of aryl methyl sites for hydroxylation is 1. The first-order valence-corrected chi connectivity index (χ1v) is 7.92. The van der Waals surface area contributed by atoms with Crippen molar-refractivity contribution in [2.75, 3.05) is 18.0 Å². The maximum Gasteiger partial charge on any atom is 0.205 e. The quantitative estimate of drug-likeness (QED) is 0.812. The van der Waals surface area contributed by atoms with E-state index in [1.165, 1.54) is 17.1 Å². The average Bonchev–Trinajstić information content (AvgIpc) is 2.93. The Labute approximate surface area is 124 Å². The number of nitrogens with zero attached hydrogens (tertiary/aromatic N) is 3. The fourth-order valence-electron chi connectivity index (χ4n) is 2.03. The molecule has 0 saturated heterocycles. The van der Waals surface area contributed by atoms with Crippen molar-refractivity contribution in [3.63, 3.8) is 0 Å². The van der Waals surface area contributed by atoms with Crippen LogP contribution in [0.15, 0.2) is 30.3 Å². The van der Waals surface area contributed by atoms with Crippen molar-refractivity contribution in [2.24, 2.45) is 5.73 Å². The summed E-state index contributed by atoms with van der Waals surface area (Å²) in [7, 11) is 0. The van der Waals surface area contributed by atoms with Crippen LogP contribution in [0.25, 0.3) is 0 Å². The van der Waals surface area contributed by atoms with Crippen LogP contribution >= 0.6 is 11.5 Å². The zero-order chi connectivity index (χ0) is 14.2. The lowest BCUT2D eigenvalue weighted by molar-refractivity contribution is 0.729. The molecule has 0 aliphatic rings. The Kier molecular flexibility index (Phi) is 5.95.